The van der Waals surface area contributed by atoms with E-state index in [9.17, 15) is 18.3 Å². The second-order valence-electron chi connectivity index (χ2n) is 4.61. The van der Waals surface area contributed by atoms with Gasteiger partial charge in [0.1, 0.15) is 5.75 Å². The van der Waals surface area contributed by atoms with Gasteiger partial charge < -0.3 is 10.4 Å². The van der Waals surface area contributed by atoms with Gasteiger partial charge in [0.2, 0.25) is 0 Å². The summed E-state index contributed by atoms with van der Waals surface area (Å²) in [6, 6.07) is 10.0. The SMILES string of the molecule is CC(Nc1ccc(Br)cc1C(F)(F)F)c1ccccc1O. The Labute approximate surface area is 128 Å². The molecule has 0 aliphatic carbocycles. The molecule has 0 spiro atoms. The zero-order valence-corrected chi connectivity index (χ0v) is 12.7. The van der Waals surface area contributed by atoms with Gasteiger partial charge in [-0.1, -0.05) is 34.1 Å². The smallest absolute Gasteiger partial charge is 0.418 e. The lowest BCUT2D eigenvalue weighted by Gasteiger charge is -2.20. The van der Waals surface area contributed by atoms with Crippen molar-refractivity contribution < 1.29 is 18.3 Å². The van der Waals surface area contributed by atoms with E-state index in [1.165, 1.54) is 18.2 Å². The first-order valence-electron chi connectivity index (χ1n) is 6.20. The van der Waals surface area contributed by atoms with Crippen LogP contribution in [0.3, 0.4) is 0 Å². The fraction of sp³-hybridized carbons (Fsp3) is 0.200. The molecular formula is C15H13BrF3NO. The van der Waals surface area contributed by atoms with Gasteiger partial charge in [-0.3, -0.25) is 0 Å². The van der Waals surface area contributed by atoms with Crippen molar-refractivity contribution in [2.75, 3.05) is 5.32 Å². The van der Waals surface area contributed by atoms with Gasteiger partial charge in [-0.2, -0.15) is 13.2 Å². The Morgan fingerprint density at radius 3 is 2.43 bits per heavy atom. The summed E-state index contributed by atoms with van der Waals surface area (Å²) in [7, 11) is 0. The van der Waals surface area contributed by atoms with Crippen LogP contribution in [0.25, 0.3) is 0 Å². The number of phenolic OH excluding ortho intramolecular Hbond substituents is 1. The third kappa shape index (κ3) is 3.69. The number of nitrogens with one attached hydrogen (secondary N) is 1. The van der Waals surface area contributed by atoms with Gasteiger partial charge in [0, 0.05) is 15.7 Å². The summed E-state index contributed by atoms with van der Waals surface area (Å²) in [5.74, 6) is 0.0446. The van der Waals surface area contributed by atoms with Crippen LogP contribution < -0.4 is 5.32 Å². The Morgan fingerprint density at radius 1 is 1.14 bits per heavy atom. The van der Waals surface area contributed by atoms with Crippen LogP contribution >= 0.6 is 15.9 Å². The van der Waals surface area contributed by atoms with Gasteiger partial charge in [0.15, 0.2) is 0 Å². The minimum Gasteiger partial charge on any atom is -0.508 e. The summed E-state index contributed by atoms with van der Waals surface area (Å²) >= 11 is 3.04. The summed E-state index contributed by atoms with van der Waals surface area (Å²) in [4.78, 5) is 0. The minimum absolute atomic E-state index is 0.0264. The van der Waals surface area contributed by atoms with Crippen molar-refractivity contribution in [3.05, 3.63) is 58.1 Å². The van der Waals surface area contributed by atoms with Gasteiger partial charge in [-0.15, -0.1) is 0 Å². The van der Waals surface area contributed by atoms with E-state index in [4.69, 9.17) is 0 Å². The third-order valence-electron chi connectivity index (χ3n) is 3.06. The van der Waals surface area contributed by atoms with E-state index in [2.05, 4.69) is 21.2 Å². The highest BCUT2D eigenvalue weighted by Crippen LogP contribution is 2.38. The van der Waals surface area contributed by atoms with E-state index in [1.54, 1.807) is 25.1 Å². The molecule has 0 aliphatic rings. The molecule has 1 unspecified atom stereocenters. The molecule has 0 aliphatic heterocycles. The average molecular weight is 360 g/mol. The number of para-hydroxylation sites is 1. The number of phenols is 1. The largest absolute Gasteiger partial charge is 0.508 e. The number of rotatable bonds is 3. The number of benzene rings is 2. The first-order valence-corrected chi connectivity index (χ1v) is 6.99. The molecule has 6 heteroatoms. The van der Waals surface area contributed by atoms with Gasteiger partial charge in [-0.25, -0.2) is 0 Å². The number of hydrogen-bond donors (Lipinski definition) is 2. The van der Waals surface area contributed by atoms with E-state index >= 15 is 0 Å². The average Bonchev–Trinajstić information content (AvgIpc) is 2.40. The van der Waals surface area contributed by atoms with Crippen molar-refractivity contribution in [1.82, 2.24) is 0 Å². The number of anilines is 1. The Balaban J connectivity index is 2.34. The van der Waals surface area contributed by atoms with Crippen molar-refractivity contribution >= 4 is 21.6 Å². The number of aromatic hydroxyl groups is 1. The molecule has 1 atom stereocenters. The lowest BCUT2D eigenvalue weighted by Crippen LogP contribution is -2.13. The molecular weight excluding hydrogens is 347 g/mol. The monoisotopic (exact) mass is 359 g/mol. The summed E-state index contributed by atoms with van der Waals surface area (Å²) in [5, 5.41) is 12.6. The molecule has 2 rings (SSSR count). The van der Waals surface area contributed by atoms with Crippen molar-refractivity contribution in [2.24, 2.45) is 0 Å². The highest BCUT2D eigenvalue weighted by molar-refractivity contribution is 9.10. The summed E-state index contributed by atoms with van der Waals surface area (Å²) in [5.41, 5.74) is -0.242. The van der Waals surface area contributed by atoms with E-state index in [0.29, 0.717) is 10.0 Å². The molecule has 2 nitrogen and oxygen atoms in total. The Bertz CT molecular complexity index is 643. The molecule has 2 aromatic carbocycles. The highest BCUT2D eigenvalue weighted by atomic mass is 79.9. The fourth-order valence-corrected chi connectivity index (χ4v) is 2.40. The van der Waals surface area contributed by atoms with Crippen LogP contribution in [-0.2, 0) is 6.18 Å². The second kappa shape index (κ2) is 5.97. The lowest BCUT2D eigenvalue weighted by molar-refractivity contribution is -0.137. The summed E-state index contributed by atoms with van der Waals surface area (Å²) in [6.07, 6.45) is -4.45. The van der Waals surface area contributed by atoms with Crippen molar-refractivity contribution in [1.29, 1.82) is 0 Å². The van der Waals surface area contributed by atoms with Crippen LogP contribution in [-0.4, -0.2) is 5.11 Å². The third-order valence-corrected chi connectivity index (χ3v) is 3.56. The van der Waals surface area contributed by atoms with E-state index in [1.807, 2.05) is 0 Å². The molecule has 21 heavy (non-hydrogen) atoms. The molecule has 2 N–H and O–H groups in total. The molecule has 0 bridgehead atoms. The molecule has 0 fully saturated rings. The van der Waals surface area contributed by atoms with Crippen molar-refractivity contribution in [3.63, 3.8) is 0 Å². The molecule has 112 valence electrons. The maximum Gasteiger partial charge on any atom is 0.418 e. The summed E-state index contributed by atoms with van der Waals surface area (Å²) in [6.45, 7) is 1.69. The minimum atomic E-state index is -4.45. The Hall–Kier alpha value is -1.69. The van der Waals surface area contributed by atoms with Crippen LogP contribution in [0.5, 0.6) is 5.75 Å². The van der Waals surface area contributed by atoms with E-state index < -0.39 is 17.8 Å². The number of halogens is 4. The predicted octanol–water partition coefficient (Wildman–Crippen LogP) is 5.35. The zero-order chi connectivity index (χ0) is 15.6. The molecule has 0 saturated heterocycles. The maximum absolute atomic E-state index is 13.1. The number of hydrogen-bond acceptors (Lipinski definition) is 2. The quantitative estimate of drug-likeness (QED) is 0.774. The molecule has 2 aromatic rings. The van der Waals surface area contributed by atoms with Crippen molar-refractivity contribution in [3.8, 4) is 5.75 Å². The zero-order valence-electron chi connectivity index (χ0n) is 11.1. The van der Waals surface area contributed by atoms with Crippen LogP contribution in [0.15, 0.2) is 46.9 Å². The molecule has 0 heterocycles. The Morgan fingerprint density at radius 2 is 1.81 bits per heavy atom. The summed E-state index contributed by atoms with van der Waals surface area (Å²) < 4.78 is 39.5. The second-order valence-corrected chi connectivity index (χ2v) is 5.53. The van der Waals surface area contributed by atoms with E-state index in [0.717, 1.165) is 6.07 Å². The van der Waals surface area contributed by atoms with Gasteiger partial charge in [0.05, 0.1) is 11.6 Å². The van der Waals surface area contributed by atoms with Crippen molar-refractivity contribution in [2.45, 2.75) is 19.1 Å². The van der Waals surface area contributed by atoms with Gasteiger partial charge >= 0.3 is 6.18 Å². The Kier molecular flexibility index (Phi) is 4.46. The molecule has 0 radical (unpaired) electrons. The van der Waals surface area contributed by atoms with E-state index in [-0.39, 0.29) is 11.4 Å². The van der Waals surface area contributed by atoms with Crippen LogP contribution in [0, 0.1) is 0 Å². The van der Waals surface area contributed by atoms with Crippen LogP contribution in [0.2, 0.25) is 0 Å². The first-order chi connectivity index (χ1) is 9.79. The van der Waals surface area contributed by atoms with Gasteiger partial charge in [-0.05, 0) is 31.2 Å². The van der Waals surface area contributed by atoms with Crippen LogP contribution in [0.4, 0.5) is 18.9 Å². The normalized spacial score (nSPS) is 13.0. The van der Waals surface area contributed by atoms with Crippen LogP contribution in [0.1, 0.15) is 24.1 Å². The predicted molar refractivity (Wildman–Crippen MR) is 79.3 cm³/mol. The van der Waals surface area contributed by atoms with Gasteiger partial charge in [0.25, 0.3) is 0 Å². The molecule has 0 aromatic heterocycles. The first kappa shape index (κ1) is 15.7. The topological polar surface area (TPSA) is 32.3 Å². The maximum atomic E-state index is 13.1. The molecule has 0 amide bonds. The standard InChI is InChI=1S/C15H13BrF3NO/c1-9(11-4-2-3-5-14(11)21)20-13-7-6-10(16)8-12(13)15(17,18)19/h2-9,20-21H,1H3. The lowest BCUT2D eigenvalue weighted by atomic mass is 10.1. The highest BCUT2D eigenvalue weighted by Gasteiger charge is 2.34. The number of alkyl halides is 3. The molecule has 0 saturated carbocycles. The fourth-order valence-electron chi connectivity index (χ4n) is 2.04.